The average molecular weight is 489 g/mol. The van der Waals surface area contributed by atoms with E-state index in [4.69, 9.17) is 4.74 Å². The molecule has 0 radical (unpaired) electrons. The Balaban J connectivity index is 1.68. The predicted molar refractivity (Wildman–Crippen MR) is 133 cm³/mol. The Labute approximate surface area is 204 Å². The molecular weight excluding hydrogens is 467 g/mol. The lowest BCUT2D eigenvalue weighted by atomic mass is 9.95. The van der Waals surface area contributed by atoms with Gasteiger partial charge in [0, 0.05) is 5.56 Å². The maximum Gasteiger partial charge on any atom is 0.301 e. The fraction of sp³-hybridized carbons (Fsp3) is 0.148. The number of aromatic nitrogens is 1. The monoisotopic (exact) mass is 488 g/mol. The lowest BCUT2D eigenvalue weighted by molar-refractivity contribution is -0.132. The van der Waals surface area contributed by atoms with Crippen LogP contribution in [0.25, 0.3) is 16.0 Å². The van der Waals surface area contributed by atoms with Crippen LogP contribution < -0.4 is 9.64 Å². The summed E-state index contributed by atoms with van der Waals surface area (Å²) in [5.41, 5.74) is 2.50. The number of hydrogen-bond donors (Lipinski definition) is 1. The number of thiazole rings is 1. The number of anilines is 1. The molecule has 2 heterocycles. The van der Waals surface area contributed by atoms with Gasteiger partial charge in [-0.2, -0.15) is 0 Å². The van der Waals surface area contributed by atoms with E-state index in [0.29, 0.717) is 34.1 Å². The second kappa shape index (κ2) is 8.96. The number of halogens is 1. The fourth-order valence-corrected chi connectivity index (χ4v) is 5.23. The van der Waals surface area contributed by atoms with E-state index in [9.17, 15) is 19.1 Å². The number of benzene rings is 3. The molecule has 4 aromatic rings. The molecule has 1 N–H and O–H groups in total. The second-order valence-electron chi connectivity index (χ2n) is 8.15. The van der Waals surface area contributed by atoms with Gasteiger partial charge >= 0.3 is 5.91 Å². The van der Waals surface area contributed by atoms with E-state index in [-0.39, 0.29) is 11.3 Å². The third kappa shape index (κ3) is 4.06. The van der Waals surface area contributed by atoms with Crippen LogP contribution >= 0.6 is 11.3 Å². The molecule has 1 unspecified atom stereocenters. The van der Waals surface area contributed by atoms with Gasteiger partial charge in [-0.15, -0.1) is 0 Å². The van der Waals surface area contributed by atoms with Crippen LogP contribution in [0.3, 0.4) is 0 Å². The van der Waals surface area contributed by atoms with Gasteiger partial charge in [-0.3, -0.25) is 14.5 Å². The zero-order valence-electron chi connectivity index (χ0n) is 19.0. The van der Waals surface area contributed by atoms with Gasteiger partial charge in [0.2, 0.25) is 0 Å². The van der Waals surface area contributed by atoms with Crippen molar-refractivity contribution in [1.82, 2.24) is 4.98 Å². The van der Waals surface area contributed by atoms with Crippen molar-refractivity contribution in [2.45, 2.75) is 19.9 Å². The van der Waals surface area contributed by atoms with Gasteiger partial charge in [0.15, 0.2) is 5.13 Å². The van der Waals surface area contributed by atoms with Crippen LogP contribution in [0.4, 0.5) is 9.52 Å². The maximum absolute atomic E-state index is 13.7. The van der Waals surface area contributed by atoms with Crippen molar-refractivity contribution in [2.75, 3.05) is 11.5 Å². The van der Waals surface area contributed by atoms with Crippen molar-refractivity contribution in [2.24, 2.45) is 0 Å². The highest BCUT2D eigenvalue weighted by atomic mass is 32.1. The van der Waals surface area contributed by atoms with Gasteiger partial charge in [-0.25, -0.2) is 9.37 Å². The standard InChI is InChI=1S/C27H21FN2O4S/c1-3-34-19-11-7-17(8-12-19)24(31)22-23(16-5-9-18(28)10-6-16)30(26(33)25(22)32)27-29-20-13-4-15(2)14-21(20)35-27/h4-14,23,31H,3H2,1-2H3/b24-22-. The molecule has 1 amide bonds. The summed E-state index contributed by atoms with van der Waals surface area (Å²) >= 11 is 1.28. The molecule has 1 aromatic heterocycles. The van der Waals surface area contributed by atoms with Crippen molar-refractivity contribution < 1.29 is 23.8 Å². The Morgan fingerprint density at radius 1 is 1.09 bits per heavy atom. The van der Waals surface area contributed by atoms with E-state index >= 15 is 0 Å². The Morgan fingerprint density at radius 3 is 2.49 bits per heavy atom. The smallest absolute Gasteiger partial charge is 0.301 e. The molecule has 3 aromatic carbocycles. The first-order valence-electron chi connectivity index (χ1n) is 11.0. The molecule has 1 aliphatic rings. The molecular formula is C27H21FN2O4S. The number of aliphatic hydroxyl groups is 1. The zero-order chi connectivity index (χ0) is 24.7. The molecule has 35 heavy (non-hydrogen) atoms. The number of aliphatic hydroxyl groups excluding tert-OH is 1. The summed E-state index contributed by atoms with van der Waals surface area (Å²) in [5, 5.41) is 11.5. The Morgan fingerprint density at radius 2 is 1.80 bits per heavy atom. The maximum atomic E-state index is 13.7. The lowest BCUT2D eigenvalue weighted by Crippen LogP contribution is -2.29. The average Bonchev–Trinajstić information content (AvgIpc) is 3.37. The van der Waals surface area contributed by atoms with Crippen molar-refractivity contribution in [3.63, 3.8) is 0 Å². The van der Waals surface area contributed by atoms with Crippen molar-refractivity contribution >= 4 is 44.1 Å². The third-order valence-corrected chi connectivity index (χ3v) is 6.83. The largest absolute Gasteiger partial charge is 0.507 e. The van der Waals surface area contributed by atoms with Crippen molar-refractivity contribution in [3.05, 3.63) is 94.8 Å². The first-order chi connectivity index (χ1) is 16.9. The summed E-state index contributed by atoms with van der Waals surface area (Å²) in [6.45, 7) is 4.31. The topological polar surface area (TPSA) is 79.7 Å². The summed E-state index contributed by atoms with van der Waals surface area (Å²) in [5.74, 6) is -1.79. The zero-order valence-corrected chi connectivity index (χ0v) is 19.8. The van der Waals surface area contributed by atoms with Crippen LogP contribution in [-0.4, -0.2) is 28.4 Å². The molecule has 1 aliphatic heterocycles. The first kappa shape index (κ1) is 22.7. The van der Waals surface area contributed by atoms with Crippen LogP contribution in [-0.2, 0) is 9.59 Å². The van der Waals surface area contributed by atoms with E-state index in [0.717, 1.165) is 10.3 Å². The van der Waals surface area contributed by atoms with Gasteiger partial charge in [-0.05, 0) is 73.5 Å². The SMILES string of the molecule is CCOc1ccc(/C(O)=C2/C(=O)C(=O)N(c3nc4ccc(C)cc4s3)C2c2ccc(F)cc2)cc1. The third-order valence-electron chi connectivity index (χ3n) is 5.81. The van der Waals surface area contributed by atoms with Crippen LogP contribution in [0.2, 0.25) is 0 Å². The molecule has 6 nitrogen and oxygen atoms in total. The molecule has 0 spiro atoms. The molecule has 0 bridgehead atoms. The van der Waals surface area contributed by atoms with E-state index in [1.165, 1.54) is 40.5 Å². The second-order valence-corrected chi connectivity index (χ2v) is 9.15. The number of carbonyl (C=O) groups excluding carboxylic acids is 2. The summed E-state index contributed by atoms with van der Waals surface area (Å²) in [4.78, 5) is 32.4. The predicted octanol–water partition coefficient (Wildman–Crippen LogP) is 5.77. The van der Waals surface area contributed by atoms with Gasteiger partial charge < -0.3 is 9.84 Å². The van der Waals surface area contributed by atoms with Gasteiger partial charge in [0.25, 0.3) is 5.78 Å². The molecule has 8 heteroatoms. The number of Topliss-reactive ketones (excluding diaryl/α,β-unsaturated/α-hetero) is 1. The molecule has 1 fully saturated rings. The molecule has 5 rings (SSSR count). The summed E-state index contributed by atoms with van der Waals surface area (Å²) in [6, 6.07) is 16.9. The summed E-state index contributed by atoms with van der Waals surface area (Å²) in [7, 11) is 0. The van der Waals surface area contributed by atoms with Crippen molar-refractivity contribution in [1.29, 1.82) is 0 Å². The normalized spacial score (nSPS) is 17.3. The first-order valence-corrected chi connectivity index (χ1v) is 11.9. The number of ether oxygens (including phenoxy) is 1. The number of nitrogens with zero attached hydrogens (tertiary/aromatic N) is 2. The molecule has 176 valence electrons. The number of aryl methyl sites for hydroxylation is 1. The van der Waals surface area contributed by atoms with E-state index in [1.54, 1.807) is 24.3 Å². The van der Waals surface area contributed by atoms with Gasteiger partial charge in [0.1, 0.15) is 17.3 Å². The quantitative estimate of drug-likeness (QED) is 0.219. The van der Waals surface area contributed by atoms with E-state index < -0.39 is 23.5 Å². The molecule has 0 saturated carbocycles. The van der Waals surface area contributed by atoms with Crippen LogP contribution in [0, 0.1) is 12.7 Å². The summed E-state index contributed by atoms with van der Waals surface area (Å²) < 4.78 is 20.0. The van der Waals surface area contributed by atoms with Crippen LogP contribution in [0.5, 0.6) is 5.75 Å². The fourth-order valence-electron chi connectivity index (χ4n) is 4.14. The number of carbonyl (C=O) groups is 2. The Bertz CT molecular complexity index is 1480. The minimum absolute atomic E-state index is 0.0822. The Kier molecular flexibility index (Phi) is 5.82. The highest BCUT2D eigenvalue weighted by Gasteiger charge is 2.48. The van der Waals surface area contributed by atoms with Crippen LogP contribution in [0.1, 0.15) is 29.7 Å². The number of amides is 1. The Hall–Kier alpha value is -4.04. The molecule has 1 atom stereocenters. The van der Waals surface area contributed by atoms with Gasteiger partial charge in [-0.1, -0.05) is 29.5 Å². The number of rotatable bonds is 5. The van der Waals surface area contributed by atoms with Gasteiger partial charge in [0.05, 0.1) is 28.4 Å². The highest BCUT2D eigenvalue weighted by molar-refractivity contribution is 7.22. The van der Waals surface area contributed by atoms with E-state index in [2.05, 4.69) is 4.98 Å². The van der Waals surface area contributed by atoms with Crippen LogP contribution in [0.15, 0.2) is 72.3 Å². The number of ketones is 1. The highest BCUT2D eigenvalue weighted by Crippen LogP contribution is 2.44. The minimum Gasteiger partial charge on any atom is -0.507 e. The van der Waals surface area contributed by atoms with Crippen molar-refractivity contribution in [3.8, 4) is 5.75 Å². The van der Waals surface area contributed by atoms with E-state index in [1.807, 2.05) is 32.0 Å². The number of fused-ring (bicyclic) bond motifs is 1. The lowest BCUT2D eigenvalue weighted by Gasteiger charge is -2.23. The summed E-state index contributed by atoms with van der Waals surface area (Å²) in [6.07, 6.45) is 0. The number of hydrogen-bond acceptors (Lipinski definition) is 6. The minimum atomic E-state index is -0.969. The molecule has 0 aliphatic carbocycles. The molecule has 1 saturated heterocycles.